The highest BCUT2D eigenvalue weighted by atomic mass is 16.4. The monoisotopic (exact) mass is 256 g/mol. The summed E-state index contributed by atoms with van der Waals surface area (Å²) in [4.78, 5) is 15.0. The van der Waals surface area contributed by atoms with E-state index >= 15 is 0 Å². The number of aliphatic carboxylic acids is 1. The van der Waals surface area contributed by atoms with Gasteiger partial charge in [-0.05, 0) is 25.5 Å². The lowest BCUT2D eigenvalue weighted by molar-refractivity contribution is -0.137. The van der Waals surface area contributed by atoms with Crippen molar-refractivity contribution in [2.24, 2.45) is 0 Å². The van der Waals surface area contributed by atoms with Crippen LogP contribution in [0, 0.1) is 6.92 Å². The molecular formula is C15H16N2O2. The number of carboxylic acid groups (broad SMARTS) is 1. The van der Waals surface area contributed by atoms with E-state index in [1.165, 1.54) is 0 Å². The Labute approximate surface area is 112 Å². The first-order chi connectivity index (χ1) is 9.08. The molecule has 0 radical (unpaired) electrons. The number of hydrogen-bond acceptors (Lipinski definition) is 3. The van der Waals surface area contributed by atoms with Gasteiger partial charge >= 0.3 is 5.97 Å². The van der Waals surface area contributed by atoms with Crippen LogP contribution >= 0.6 is 0 Å². The summed E-state index contributed by atoms with van der Waals surface area (Å²) < 4.78 is 0. The first-order valence-corrected chi connectivity index (χ1v) is 6.08. The van der Waals surface area contributed by atoms with Crippen LogP contribution in [0.15, 0.2) is 42.7 Å². The molecule has 0 aliphatic carbocycles. The quantitative estimate of drug-likeness (QED) is 0.882. The van der Waals surface area contributed by atoms with Gasteiger partial charge in [0.1, 0.15) is 6.04 Å². The highest BCUT2D eigenvalue weighted by Gasteiger charge is 2.13. The molecule has 0 amide bonds. The predicted molar refractivity (Wildman–Crippen MR) is 75.1 cm³/mol. The minimum absolute atomic E-state index is 0.659. The average Bonchev–Trinajstić information content (AvgIpc) is 2.39. The fourth-order valence-electron chi connectivity index (χ4n) is 1.87. The van der Waals surface area contributed by atoms with Gasteiger partial charge in [0.25, 0.3) is 0 Å². The maximum Gasteiger partial charge on any atom is 0.325 e. The van der Waals surface area contributed by atoms with Crippen LogP contribution in [0.4, 0.5) is 5.69 Å². The van der Waals surface area contributed by atoms with Crippen molar-refractivity contribution in [3.05, 3.63) is 48.3 Å². The van der Waals surface area contributed by atoms with Crippen molar-refractivity contribution >= 4 is 11.7 Å². The second-order valence-electron chi connectivity index (χ2n) is 4.50. The van der Waals surface area contributed by atoms with E-state index in [0.717, 1.165) is 22.4 Å². The molecule has 0 bridgehead atoms. The molecule has 4 heteroatoms. The van der Waals surface area contributed by atoms with Gasteiger partial charge in [-0.3, -0.25) is 9.78 Å². The fourth-order valence-corrected chi connectivity index (χ4v) is 1.87. The average molecular weight is 256 g/mol. The summed E-state index contributed by atoms with van der Waals surface area (Å²) in [5.74, 6) is -0.890. The zero-order valence-corrected chi connectivity index (χ0v) is 10.9. The van der Waals surface area contributed by atoms with Gasteiger partial charge in [0.2, 0.25) is 0 Å². The minimum Gasteiger partial charge on any atom is -0.480 e. The SMILES string of the molecule is Cc1cccc(-c2ccncc2N[C@@H](C)C(=O)O)c1. The summed E-state index contributed by atoms with van der Waals surface area (Å²) in [6.45, 7) is 3.63. The van der Waals surface area contributed by atoms with Crippen LogP contribution in [0.3, 0.4) is 0 Å². The Morgan fingerprint density at radius 2 is 2.16 bits per heavy atom. The Hall–Kier alpha value is -2.36. The molecule has 1 aromatic carbocycles. The number of hydrogen-bond donors (Lipinski definition) is 2. The van der Waals surface area contributed by atoms with Gasteiger partial charge in [0, 0.05) is 11.8 Å². The second-order valence-corrected chi connectivity index (χ2v) is 4.50. The van der Waals surface area contributed by atoms with Gasteiger partial charge in [-0.1, -0.05) is 29.8 Å². The topological polar surface area (TPSA) is 62.2 Å². The zero-order valence-electron chi connectivity index (χ0n) is 10.9. The molecule has 0 aliphatic rings. The lowest BCUT2D eigenvalue weighted by Gasteiger charge is -2.14. The van der Waals surface area contributed by atoms with Crippen molar-refractivity contribution in [1.82, 2.24) is 4.98 Å². The van der Waals surface area contributed by atoms with Crippen molar-refractivity contribution < 1.29 is 9.90 Å². The van der Waals surface area contributed by atoms with Gasteiger partial charge in [0.15, 0.2) is 0 Å². The summed E-state index contributed by atoms with van der Waals surface area (Å²) in [5.41, 5.74) is 3.88. The molecule has 0 saturated heterocycles. The van der Waals surface area contributed by atoms with E-state index in [2.05, 4.69) is 16.4 Å². The van der Waals surface area contributed by atoms with Crippen LogP contribution in [0.5, 0.6) is 0 Å². The number of aryl methyl sites for hydroxylation is 1. The minimum atomic E-state index is -0.890. The lowest BCUT2D eigenvalue weighted by Crippen LogP contribution is -2.25. The molecule has 4 nitrogen and oxygen atoms in total. The standard InChI is InChI=1S/C15H16N2O2/c1-10-4-3-5-12(8-10)13-6-7-16-9-14(13)17-11(2)15(18)19/h3-9,11,17H,1-2H3,(H,18,19)/t11-/m0/s1. The number of nitrogens with zero attached hydrogens (tertiary/aromatic N) is 1. The highest BCUT2D eigenvalue weighted by Crippen LogP contribution is 2.27. The molecule has 2 N–H and O–H groups in total. The van der Waals surface area contributed by atoms with Crippen LogP contribution in [0.2, 0.25) is 0 Å². The fraction of sp³-hybridized carbons (Fsp3) is 0.200. The van der Waals surface area contributed by atoms with E-state index in [-0.39, 0.29) is 0 Å². The first-order valence-electron chi connectivity index (χ1n) is 6.08. The number of benzene rings is 1. The maximum absolute atomic E-state index is 10.9. The number of carboxylic acids is 1. The number of anilines is 1. The summed E-state index contributed by atoms with van der Waals surface area (Å²) in [6.07, 6.45) is 3.35. The second kappa shape index (κ2) is 5.52. The van der Waals surface area contributed by atoms with E-state index in [4.69, 9.17) is 5.11 Å². The third-order valence-electron chi connectivity index (χ3n) is 2.89. The van der Waals surface area contributed by atoms with Crippen molar-refractivity contribution in [2.45, 2.75) is 19.9 Å². The molecule has 0 saturated carbocycles. The van der Waals surface area contributed by atoms with E-state index < -0.39 is 12.0 Å². The molecule has 0 fully saturated rings. The van der Waals surface area contributed by atoms with Crippen LogP contribution in [0.25, 0.3) is 11.1 Å². The van der Waals surface area contributed by atoms with E-state index in [1.54, 1.807) is 19.3 Å². The van der Waals surface area contributed by atoms with E-state index in [0.29, 0.717) is 0 Å². The maximum atomic E-state index is 10.9. The van der Waals surface area contributed by atoms with Gasteiger partial charge in [-0.25, -0.2) is 0 Å². The Balaban J connectivity index is 2.39. The van der Waals surface area contributed by atoms with Crippen molar-refractivity contribution in [1.29, 1.82) is 0 Å². The third kappa shape index (κ3) is 3.10. The number of rotatable bonds is 4. The number of pyridine rings is 1. The molecule has 1 atom stereocenters. The van der Waals surface area contributed by atoms with Crippen LogP contribution in [0.1, 0.15) is 12.5 Å². The third-order valence-corrected chi connectivity index (χ3v) is 2.89. The van der Waals surface area contributed by atoms with Gasteiger partial charge in [-0.2, -0.15) is 0 Å². The lowest BCUT2D eigenvalue weighted by atomic mass is 10.0. The molecule has 1 heterocycles. The first kappa shape index (κ1) is 13.1. The molecule has 98 valence electrons. The smallest absolute Gasteiger partial charge is 0.325 e. The summed E-state index contributed by atoms with van der Waals surface area (Å²) in [7, 11) is 0. The molecule has 0 spiro atoms. The molecule has 1 aromatic heterocycles. The Bertz CT molecular complexity index is 596. The molecule has 2 rings (SSSR count). The van der Waals surface area contributed by atoms with E-state index in [1.807, 2.05) is 31.2 Å². The molecule has 19 heavy (non-hydrogen) atoms. The molecular weight excluding hydrogens is 240 g/mol. The molecule has 0 aliphatic heterocycles. The summed E-state index contributed by atoms with van der Waals surface area (Å²) in [6, 6.07) is 9.29. The summed E-state index contributed by atoms with van der Waals surface area (Å²) >= 11 is 0. The zero-order chi connectivity index (χ0) is 13.8. The van der Waals surface area contributed by atoms with Crippen LogP contribution in [-0.4, -0.2) is 22.1 Å². The summed E-state index contributed by atoms with van der Waals surface area (Å²) in [5, 5.41) is 11.9. The predicted octanol–water partition coefficient (Wildman–Crippen LogP) is 2.94. The largest absolute Gasteiger partial charge is 0.480 e. The Morgan fingerprint density at radius 1 is 1.37 bits per heavy atom. The van der Waals surface area contributed by atoms with Crippen LogP contribution in [-0.2, 0) is 4.79 Å². The van der Waals surface area contributed by atoms with Crippen LogP contribution < -0.4 is 5.32 Å². The van der Waals surface area contributed by atoms with Gasteiger partial charge in [0.05, 0.1) is 11.9 Å². The highest BCUT2D eigenvalue weighted by molar-refractivity contribution is 5.82. The van der Waals surface area contributed by atoms with E-state index in [9.17, 15) is 4.79 Å². The number of carbonyl (C=O) groups is 1. The molecule has 0 unspecified atom stereocenters. The molecule has 2 aromatic rings. The van der Waals surface area contributed by atoms with Crippen molar-refractivity contribution in [2.75, 3.05) is 5.32 Å². The van der Waals surface area contributed by atoms with Gasteiger partial charge < -0.3 is 10.4 Å². The van der Waals surface area contributed by atoms with Gasteiger partial charge in [-0.15, -0.1) is 0 Å². The van der Waals surface area contributed by atoms with Crippen molar-refractivity contribution in [3.8, 4) is 11.1 Å². The Morgan fingerprint density at radius 3 is 2.84 bits per heavy atom. The normalized spacial score (nSPS) is 11.9. The van der Waals surface area contributed by atoms with Crippen molar-refractivity contribution in [3.63, 3.8) is 0 Å². The number of aromatic nitrogens is 1. The Kier molecular flexibility index (Phi) is 3.80. The number of nitrogens with one attached hydrogen (secondary N) is 1.